The standard InChI is InChI=1S/C22H24ClN3O5S/c1-14(2)24-21(28)15(3)25(12-16-8-10-17(23)11-9-16)20(27)13-26-22(29)18-6-4-5-7-19(18)32(26,30)31/h4-11,14-15H,12-13H2,1-3H3,(H,24,28)/t15-/m1/s1. The fourth-order valence-corrected chi connectivity index (χ4v) is 5.02. The van der Waals surface area contributed by atoms with Crippen LogP contribution in [0.5, 0.6) is 0 Å². The Hall–Kier alpha value is -2.91. The fourth-order valence-electron chi connectivity index (χ4n) is 3.38. The first-order valence-corrected chi connectivity index (χ1v) is 11.8. The van der Waals surface area contributed by atoms with E-state index in [1.165, 1.54) is 23.1 Å². The fraction of sp³-hybridized carbons (Fsp3) is 0.318. The topological polar surface area (TPSA) is 104 Å². The molecule has 0 saturated carbocycles. The molecular formula is C22H24ClN3O5S. The number of rotatable bonds is 7. The van der Waals surface area contributed by atoms with Gasteiger partial charge in [0.2, 0.25) is 11.8 Å². The highest BCUT2D eigenvalue weighted by molar-refractivity contribution is 7.90. The zero-order valence-electron chi connectivity index (χ0n) is 17.9. The van der Waals surface area contributed by atoms with Crippen molar-refractivity contribution in [3.05, 3.63) is 64.7 Å². The van der Waals surface area contributed by atoms with Crippen molar-refractivity contribution in [3.8, 4) is 0 Å². The Labute approximate surface area is 192 Å². The van der Waals surface area contributed by atoms with Gasteiger partial charge in [-0.15, -0.1) is 0 Å². The van der Waals surface area contributed by atoms with Gasteiger partial charge in [0.05, 0.1) is 5.56 Å². The molecule has 2 aromatic rings. The summed E-state index contributed by atoms with van der Waals surface area (Å²) in [4.78, 5) is 39.7. The largest absolute Gasteiger partial charge is 0.352 e. The van der Waals surface area contributed by atoms with E-state index in [0.717, 1.165) is 0 Å². The summed E-state index contributed by atoms with van der Waals surface area (Å²) < 4.78 is 26.2. The third-order valence-corrected chi connectivity index (χ3v) is 7.09. The summed E-state index contributed by atoms with van der Waals surface area (Å²) in [6.07, 6.45) is 0. The summed E-state index contributed by atoms with van der Waals surface area (Å²) in [6, 6.07) is 11.5. The van der Waals surface area contributed by atoms with Crippen molar-refractivity contribution >= 4 is 39.3 Å². The molecule has 0 bridgehead atoms. The van der Waals surface area contributed by atoms with Crippen molar-refractivity contribution in [1.29, 1.82) is 0 Å². The molecule has 0 radical (unpaired) electrons. The predicted molar refractivity (Wildman–Crippen MR) is 119 cm³/mol. The average molecular weight is 478 g/mol. The minimum Gasteiger partial charge on any atom is -0.352 e. The van der Waals surface area contributed by atoms with Crippen LogP contribution in [0.1, 0.15) is 36.7 Å². The first-order chi connectivity index (χ1) is 15.0. The summed E-state index contributed by atoms with van der Waals surface area (Å²) >= 11 is 5.93. The number of nitrogens with zero attached hydrogens (tertiary/aromatic N) is 2. The summed E-state index contributed by atoms with van der Waals surface area (Å²) in [7, 11) is -4.15. The van der Waals surface area contributed by atoms with Crippen LogP contribution in [-0.2, 0) is 26.2 Å². The van der Waals surface area contributed by atoms with Crippen LogP contribution in [0.2, 0.25) is 5.02 Å². The highest BCUT2D eigenvalue weighted by atomic mass is 35.5. The van der Waals surface area contributed by atoms with Crippen LogP contribution >= 0.6 is 11.6 Å². The van der Waals surface area contributed by atoms with Crippen LogP contribution in [0.15, 0.2) is 53.4 Å². The van der Waals surface area contributed by atoms with E-state index >= 15 is 0 Å². The maximum absolute atomic E-state index is 13.2. The Balaban J connectivity index is 1.89. The van der Waals surface area contributed by atoms with Crippen LogP contribution in [-0.4, -0.2) is 54.0 Å². The lowest BCUT2D eigenvalue weighted by Gasteiger charge is -2.30. The summed E-state index contributed by atoms with van der Waals surface area (Å²) in [5.74, 6) is -1.82. The van der Waals surface area contributed by atoms with Gasteiger partial charge < -0.3 is 10.2 Å². The molecule has 170 valence electrons. The molecule has 10 heteroatoms. The lowest BCUT2D eigenvalue weighted by Crippen LogP contribution is -2.52. The normalized spacial score (nSPS) is 15.4. The number of nitrogens with one attached hydrogen (secondary N) is 1. The molecule has 0 aromatic heterocycles. The third-order valence-electron chi connectivity index (χ3n) is 5.06. The molecule has 0 aliphatic carbocycles. The van der Waals surface area contributed by atoms with Gasteiger partial charge >= 0.3 is 0 Å². The molecule has 0 unspecified atom stereocenters. The maximum atomic E-state index is 13.2. The molecule has 0 saturated heterocycles. The van der Waals surface area contributed by atoms with Crippen LogP contribution in [0.25, 0.3) is 0 Å². The molecule has 3 amide bonds. The molecule has 3 rings (SSSR count). The highest BCUT2D eigenvalue weighted by Gasteiger charge is 2.43. The van der Waals surface area contributed by atoms with Crippen molar-refractivity contribution < 1.29 is 22.8 Å². The van der Waals surface area contributed by atoms with Gasteiger partial charge in [-0.25, -0.2) is 12.7 Å². The number of sulfonamides is 1. The van der Waals surface area contributed by atoms with Crippen molar-refractivity contribution in [2.45, 2.75) is 44.3 Å². The van der Waals surface area contributed by atoms with Crippen LogP contribution in [0.3, 0.4) is 0 Å². The minimum absolute atomic E-state index is 0.0233. The molecular weight excluding hydrogens is 454 g/mol. The minimum atomic E-state index is -4.15. The SMILES string of the molecule is CC(C)NC(=O)[C@@H](C)N(Cc1ccc(Cl)cc1)C(=O)CN1C(=O)c2ccccc2S1(=O)=O. The van der Waals surface area contributed by atoms with Crippen LogP contribution in [0, 0.1) is 0 Å². The first-order valence-electron chi connectivity index (χ1n) is 10.0. The Morgan fingerprint density at radius 3 is 2.28 bits per heavy atom. The Kier molecular flexibility index (Phi) is 6.90. The van der Waals surface area contributed by atoms with Crippen LogP contribution < -0.4 is 5.32 Å². The van der Waals surface area contributed by atoms with Gasteiger partial charge in [0.1, 0.15) is 17.5 Å². The number of benzene rings is 2. The van der Waals surface area contributed by atoms with E-state index in [9.17, 15) is 22.8 Å². The monoisotopic (exact) mass is 477 g/mol. The predicted octanol–water partition coefficient (Wildman–Crippen LogP) is 2.43. The third kappa shape index (κ3) is 4.78. The van der Waals surface area contributed by atoms with E-state index in [1.807, 2.05) is 0 Å². The molecule has 1 N–H and O–H groups in total. The van der Waals surface area contributed by atoms with E-state index in [-0.39, 0.29) is 29.0 Å². The van der Waals surface area contributed by atoms with Gasteiger partial charge in [0.15, 0.2) is 0 Å². The van der Waals surface area contributed by atoms with Crippen LogP contribution in [0.4, 0.5) is 0 Å². The number of hydrogen-bond donors (Lipinski definition) is 1. The average Bonchev–Trinajstić information content (AvgIpc) is 2.93. The Morgan fingerprint density at radius 1 is 1.06 bits per heavy atom. The van der Waals surface area contributed by atoms with Gasteiger partial charge in [0.25, 0.3) is 15.9 Å². The van der Waals surface area contributed by atoms with Crippen molar-refractivity contribution in [2.75, 3.05) is 6.54 Å². The smallest absolute Gasteiger partial charge is 0.269 e. The molecule has 32 heavy (non-hydrogen) atoms. The van der Waals surface area contributed by atoms with E-state index in [2.05, 4.69) is 5.32 Å². The zero-order chi connectivity index (χ0) is 23.6. The van der Waals surface area contributed by atoms with Gasteiger partial charge in [-0.2, -0.15) is 0 Å². The summed E-state index contributed by atoms with van der Waals surface area (Å²) in [6.45, 7) is 4.48. The summed E-state index contributed by atoms with van der Waals surface area (Å²) in [5.41, 5.74) is 0.723. The molecule has 0 fully saturated rings. The number of carbonyl (C=O) groups is 3. The Bertz CT molecular complexity index is 1150. The second-order valence-electron chi connectivity index (χ2n) is 7.80. The molecule has 1 aliphatic heterocycles. The van der Waals surface area contributed by atoms with Crippen molar-refractivity contribution in [1.82, 2.24) is 14.5 Å². The first kappa shape index (κ1) is 23.7. The molecule has 2 aromatic carbocycles. The van der Waals surface area contributed by atoms with Crippen molar-refractivity contribution in [2.24, 2.45) is 0 Å². The molecule has 1 heterocycles. The number of halogens is 1. The lowest BCUT2D eigenvalue weighted by atomic mass is 10.1. The lowest BCUT2D eigenvalue weighted by molar-refractivity contribution is -0.140. The second-order valence-corrected chi connectivity index (χ2v) is 10.1. The number of amides is 3. The molecule has 1 atom stereocenters. The molecule has 8 nitrogen and oxygen atoms in total. The van der Waals surface area contributed by atoms with E-state index in [1.54, 1.807) is 51.1 Å². The number of fused-ring (bicyclic) bond motifs is 1. The molecule has 1 aliphatic rings. The quantitative estimate of drug-likeness (QED) is 0.659. The second kappa shape index (κ2) is 9.30. The van der Waals surface area contributed by atoms with E-state index in [4.69, 9.17) is 11.6 Å². The number of carbonyl (C=O) groups excluding carboxylic acids is 3. The molecule has 0 spiro atoms. The highest BCUT2D eigenvalue weighted by Crippen LogP contribution is 2.30. The summed E-state index contributed by atoms with van der Waals surface area (Å²) in [5, 5.41) is 3.27. The van der Waals surface area contributed by atoms with E-state index < -0.39 is 34.4 Å². The van der Waals surface area contributed by atoms with Crippen molar-refractivity contribution in [3.63, 3.8) is 0 Å². The zero-order valence-corrected chi connectivity index (χ0v) is 19.5. The van der Waals surface area contributed by atoms with E-state index in [0.29, 0.717) is 14.9 Å². The van der Waals surface area contributed by atoms with Gasteiger partial charge in [0, 0.05) is 17.6 Å². The Morgan fingerprint density at radius 2 is 1.69 bits per heavy atom. The number of hydrogen-bond acceptors (Lipinski definition) is 5. The maximum Gasteiger partial charge on any atom is 0.269 e. The van der Waals surface area contributed by atoms with Gasteiger partial charge in [-0.05, 0) is 50.6 Å². The van der Waals surface area contributed by atoms with Gasteiger partial charge in [-0.3, -0.25) is 14.4 Å². The van der Waals surface area contributed by atoms with Gasteiger partial charge in [-0.1, -0.05) is 35.9 Å².